The zero-order valence-electron chi connectivity index (χ0n) is 8.63. The molecule has 1 atom stereocenters. The summed E-state index contributed by atoms with van der Waals surface area (Å²) < 4.78 is 0. The SMILES string of the molecule is CC(O)CCCCO.OCC(O)CO. The molecule has 0 fully saturated rings. The van der Waals surface area contributed by atoms with Gasteiger partial charge in [0.2, 0.25) is 0 Å². The molecule has 0 aliphatic heterocycles. The Bertz CT molecular complexity index is 93.2. The highest BCUT2D eigenvalue weighted by atomic mass is 16.3. The molecule has 0 heterocycles. The van der Waals surface area contributed by atoms with Crippen LogP contribution in [0.4, 0.5) is 0 Å². The van der Waals surface area contributed by atoms with Gasteiger partial charge in [-0.2, -0.15) is 0 Å². The normalized spacial score (nSPS) is 12.2. The second-order valence-corrected chi connectivity index (χ2v) is 3.09. The van der Waals surface area contributed by atoms with E-state index in [4.69, 9.17) is 25.5 Å². The van der Waals surface area contributed by atoms with Crippen LogP contribution in [0.1, 0.15) is 26.2 Å². The van der Waals surface area contributed by atoms with E-state index in [1.165, 1.54) is 0 Å². The molecule has 0 aromatic carbocycles. The van der Waals surface area contributed by atoms with Gasteiger partial charge in [-0.25, -0.2) is 0 Å². The van der Waals surface area contributed by atoms with Gasteiger partial charge in [-0.1, -0.05) is 0 Å². The summed E-state index contributed by atoms with van der Waals surface area (Å²) in [4.78, 5) is 0. The Morgan fingerprint density at radius 2 is 1.43 bits per heavy atom. The molecule has 0 aromatic heterocycles. The van der Waals surface area contributed by atoms with Crippen LogP contribution in [0.5, 0.6) is 0 Å². The average molecular weight is 210 g/mol. The lowest BCUT2D eigenvalue weighted by molar-refractivity contribution is 0.0450. The maximum absolute atomic E-state index is 8.70. The highest BCUT2D eigenvalue weighted by Crippen LogP contribution is 1.97. The summed E-state index contributed by atoms with van der Waals surface area (Å²) in [7, 11) is 0. The van der Waals surface area contributed by atoms with E-state index in [0.717, 1.165) is 19.3 Å². The number of rotatable bonds is 6. The summed E-state index contributed by atoms with van der Waals surface area (Å²) >= 11 is 0. The Morgan fingerprint density at radius 3 is 1.64 bits per heavy atom. The first kappa shape index (κ1) is 16.2. The van der Waals surface area contributed by atoms with Crippen molar-refractivity contribution in [3.05, 3.63) is 0 Å². The van der Waals surface area contributed by atoms with Crippen molar-refractivity contribution >= 4 is 0 Å². The van der Waals surface area contributed by atoms with E-state index < -0.39 is 6.10 Å². The molecule has 0 bridgehead atoms. The number of unbranched alkanes of at least 4 members (excludes halogenated alkanes) is 1. The van der Waals surface area contributed by atoms with Gasteiger partial charge in [0.1, 0.15) is 6.10 Å². The molecule has 5 nitrogen and oxygen atoms in total. The van der Waals surface area contributed by atoms with Crippen molar-refractivity contribution in [1.82, 2.24) is 0 Å². The summed E-state index contributed by atoms with van der Waals surface area (Å²) in [6, 6.07) is 0. The minimum atomic E-state index is -0.954. The van der Waals surface area contributed by atoms with Crippen molar-refractivity contribution in [3.8, 4) is 0 Å². The van der Waals surface area contributed by atoms with E-state index in [1.54, 1.807) is 6.92 Å². The molecular formula is C9H22O5. The average Bonchev–Trinajstić information content (AvgIpc) is 2.17. The smallest absolute Gasteiger partial charge is 0.100 e. The molecule has 0 aliphatic rings. The van der Waals surface area contributed by atoms with Crippen LogP contribution < -0.4 is 0 Å². The first-order chi connectivity index (χ1) is 6.58. The van der Waals surface area contributed by atoms with Crippen molar-refractivity contribution in [2.75, 3.05) is 19.8 Å². The van der Waals surface area contributed by atoms with Gasteiger partial charge < -0.3 is 25.5 Å². The van der Waals surface area contributed by atoms with Crippen molar-refractivity contribution in [3.63, 3.8) is 0 Å². The largest absolute Gasteiger partial charge is 0.396 e. The number of aliphatic hydroxyl groups excluding tert-OH is 5. The summed E-state index contributed by atoms with van der Waals surface area (Å²) in [5.74, 6) is 0. The van der Waals surface area contributed by atoms with Crippen molar-refractivity contribution in [2.24, 2.45) is 0 Å². The molecule has 0 aromatic rings. The maximum Gasteiger partial charge on any atom is 0.100 e. The van der Waals surface area contributed by atoms with Crippen LogP contribution in [0.3, 0.4) is 0 Å². The molecule has 5 heteroatoms. The van der Waals surface area contributed by atoms with Crippen LogP contribution in [-0.2, 0) is 0 Å². The monoisotopic (exact) mass is 210 g/mol. The Hall–Kier alpha value is -0.200. The van der Waals surface area contributed by atoms with Crippen molar-refractivity contribution < 1.29 is 25.5 Å². The van der Waals surface area contributed by atoms with Gasteiger partial charge in [-0.05, 0) is 26.2 Å². The summed E-state index contributed by atoms with van der Waals surface area (Å²) in [6.07, 6.45) is 1.38. The zero-order chi connectivity index (χ0) is 11.4. The van der Waals surface area contributed by atoms with Gasteiger partial charge in [0.05, 0.1) is 19.3 Å². The van der Waals surface area contributed by atoms with E-state index in [1.807, 2.05) is 0 Å². The lowest BCUT2D eigenvalue weighted by atomic mass is 10.2. The highest BCUT2D eigenvalue weighted by molar-refractivity contribution is 4.46. The standard InChI is InChI=1S/C6H14O2.C3H8O3/c1-6(8)4-2-3-5-7;4-1-3(6)2-5/h6-8H,2-5H2,1H3;3-6H,1-2H2. The molecule has 0 radical (unpaired) electrons. The molecule has 0 saturated carbocycles. The van der Waals surface area contributed by atoms with Gasteiger partial charge in [-0.15, -0.1) is 0 Å². The second-order valence-electron chi connectivity index (χ2n) is 3.09. The van der Waals surface area contributed by atoms with Crippen LogP contribution in [-0.4, -0.2) is 57.6 Å². The first-order valence-electron chi connectivity index (χ1n) is 4.77. The highest BCUT2D eigenvalue weighted by Gasteiger charge is 1.94. The Morgan fingerprint density at radius 1 is 0.929 bits per heavy atom. The summed E-state index contributed by atoms with van der Waals surface area (Å²) in [6.45, 7) is 1.27. The first-order valence-corrected chi connectivity index (χ1v) is 4.77. The Kier molecular flexibility index (Phi) is 14.8. The van der Waals surface area contributed by atoms with Gasteiger partial charge >= 0.3 is 0 Å². The molecule has 0 spiro atoms. The van der Waals surface area contributed by atoms with Gasteiger partial charge in [0, 0.05) is 6.61 Å². The third-order valence-electron chi connectivity index (χ3n) is 1.45. The van der Waals surface area contributed by atoms with Crippen LogP contribution in [0.15, 0.2) is 0 Å². The fourth-order valence-corrected chi connectivity index (χ4v) is 0.609. The van der Waals surface area contributed by atoms with E-state index in [0.29, 0.717) is 0 Å². The molecule has 0 aliphatic carbocycles. The number of hydrogen-bond acceptors (Lipinski definition) is 5. The third kappa shape index (κ3) is 17.8. The topological polar surface area (TPSA) is 101 Å². The maximum atomic E-state index is 8.70. The van der Waals surface area contributed by atoms with Gasteiger partial charge in [0.15, 0.2) is 0 Å². The second kappa shape index (κ2) is 12.8. The van der Waals surface area contributed by atoms with Crippen LogP contribution >= 0.6 is 0 Å². The molecular weight excluding hydrogens is 188 g/mol. The predicted octanol–water partition coefficient (Wildman–Crippen LogP) is -1.14. The van der Waals surface area contributed by atoms with Crippen LogP contribution in [0, 0.1) is 0 Å². The Labute approximate surface area is 84.6 Å². The zero-order valence-corrected chi connectivity index (χ0v) is 8.63. The van der Waals surface area contributed by atoms with Crippen LogP contribution in [0.2, 0.25) is 0 Å². The van der Waals surface area contributed by atoms with Gasteiger partial charge in [-0.3, -0.25) is 0 Å². The fourth-order valence-electron chi connectivity index (χ4n) is 0.609. The molecule has 14 heavy (non-hydrogen) atoms. The van der Waals surface area contributed by atoms with Gasteiger partial charge in [0.25, 0.3) is 0 Å². The van der Waals surface area contributed by atoms with Crippen molar-refractivity contribution in [1.29, 1.82) is 0 Å². The Balaban J connectivity index is 0. The molecule has 88 valence electrons. The summed E-state index contributed by atoms with van der Waals surface area (Å²) in [5, 5.41) is 41.0. The molecule has 0 amide bonds. The van der Waals surface area contributed by atoms with E-state index >= 15 is 0 Å². The molecule has 0 rings (SSSR count). The lowest BCUT2D eigenvalue weighted by Gasteiger charge is -1.99. The van der Waals surface area contributed by atoms with E-state index in [-0.39, 0.29) is 25.9 Å². The lowest BCUT2D eigenvalue weighted by Crippen LogP contribution is -2.15. The van der Waals surface area contributed by atoms with Crippen molar-refractivity contribution in [2.45, 2.75) is 38.4 Å². The van der Waals surface area contributed by atoms with Crippen LogP contribution in [0.25, 0.3) is 0 Å². The number of aliphatic hydroxyl groups is 5. The van der Waals surface area contributed by atoms with E-state index in [9.17, 15) is 0 Å². The fraction of sp³-hybridized carbons (Fsp3) is 1.00. The third-order valence-corrected chi connectivity index (χ3v) is 1.45. The minimum absolute atomic E-state index is 0.207. The molecule has 5 N–H and O–H groups in total. The predicted molar refractivity (Wildman–Crippen MR) is 52.8 cm³/mol. The quantitative estimate of drug-likeness (QED) is 0.357. The summed E-state index contributed by atoms with van der Waals surface area (Å²) in [5.41, 5.74) is 0. The minimum Gasteiger partial charge on any atom is -0.396 e. The van der Waals surface area contributed by atoms with E-state index in [2.05, 4.69) is 0 Å². The molecule has 0 saturated heterocycles. The molecule has 1 unspecified atom stereocenters. The number of hydrogen-bond donors (Lipinski definition) is 5.